The topological polar surface area (TPSA) is 93.0 Å². The van der Waals surface area contributed by atoms with E-state index in [1.807, 2.05) is 0 Å². The summed E-state index contributed by atoms with van der Waals surface area (Å²) in [6.07, 6.45) is -4.43. The molecule has 0 unspecified atom stereocenters. The molecule has 164 valence electrons. The summed E-state index contributed by atoms with van der Waals surface area (Å²) in [6, 6.07) is 9.78. The molecule has 0 saturated carbocycles. The van der Waals surface area contributed by atoms with Gasteiger partial charge in [0.2, 0.25) is 0 Å². The van der Waals surface area contributed by atoms with Crippen LogP contribution in [-0.4, -0.2) is 54.5 Å². The van der Waals surface area contributed by atoms with E-state index in [-0.39, 0.29) is 24.3 Å². The van der Waals surface area contributed by atoms with Crippen molar-refractivity contribution >= 4 is 23.3 Å². The number of alkyl halides is 3. The molecule has 8 nitrogen and oxygen atoms in total. The summed E-state index contributed by atoms with van der Waals surface area (Å²) in [6.45, 7) is 0.709. The van der Waals surface area contributed by atoms with Crippen molar-refractivity contribution in [3.63, 3.8) is 0 Å². The first-order valence-electron chi connectivity index (χ1n) is 9.27. The number of nitro benzene ring substituents is 1. The van der Waals surface area contributed by atoms with Gasteiger partial charge in [-0.15, -0.1) is 0 Å². The zero-order valence-electron chi connectivity index (χ0n) is 16.2. The molecule has 1 aliphatic rings. The Morgan fingerprint density at radius 3 is 2.26 bits per heavy atom. The summed E-state index contributed by atoms with van der Waals surface area (Å²) in [4.78, 5) is 37.5. The van der Waals surface area contributed by atoms with Gasteiger partial charge in [-0.1, -0.05) is 6.07 Å². The van der Waals surface area contributed by atoms with Crippen molar-refractivity contribution in [2.75, 3.05) is 37.7 Å². The normalized spacial score (nSPS) is 14.3. The number of piperazine rings is 1. The first-order chi connectivity index (χ1) is 14.6. The predicted molar refractivity (Wildman–Crippen MR) is 104 cm³/mol. The van der Waals surface area contributed by atoms with Gasteiger partial charge in [-0.2, -0.15) is 13.2 Å². The lowest BCUT2D eigenvalue weighted by Gasteiger charge is -2.36. The Bertz CT molecular complexity index is 971. The highest BCUT2D eigenvalue weighted by atomic mass is 19.4. The monoisotopic (exact) mass is 437 g/mol. The number of nitro groups is 1. The predicted octanol–water partition coefficient (Wildman–Crippen LogP) is 3.12. The molecule has 0 radical (unpaired) electrons. The third kappa shape index (κ3) is 5.50. The molecule has 2 aromatic carbocycles. The maximum Gasteiger partial charge on any atom is 0.416 e. The number of anilines is 1. The van der Waals surface area contributed by atoms with E-state index in [0.717, 1.165) is 24.3 Å². The van der Waals surface area contributed by atoms with Gasteiger partial charge in [0, 0.05) is 44.0 Å². The summed E-state index contributed by atoms with van der Waals surface area (Å²) in [5, 5.41) is 10.6. The average molecular weight is 437 g/mol. The summed E-state index contributed by atoms with van der Waals surface area (Å²) in [7, 11) is 0. The van der Waals surface area contributed by atoms with Gasteiger partial charge in [0.25, 0.3) is 11.6 Å². The fraction of sp³-hybridized carbons (Fsp3) is 0.300. The summed E-state index contributed by atoms with van der Waals surface area (Å²) >= 11 is 0. The standard InChI is InChI=1S/C20H18F3N3O5/c21-20(22,23)15-2-1-3-17(12-15)24-8-10-25(11-9-24)18(27)13-31-19(28)14-4-6-16(7-5-14)26(29)30/h1-7,12H,8-11,13H2. The summed E-state index contributed by atoms with van der Waals surface area (Å²) < 4.78 is 43.6. The maximum absolute atomic E-state index is 12.9. The highest BCUT2D eigenvalue weighted by Gasteiger charge is 2.31. The number of hydrogen-bond donors (Lipinski definition) is 0. The van der Waals surface area contributed by atoms with Crippen LogP contribution in [-0.2, 0) is 15.7 Å². The number of non-ortho nitro benzene ring substituents is 1. The van der Waals surface area contributed by atoms with Gasteiger partial charge < -0.3 is 14.5 Å². The van der Waals surface area contributed by atoms with Crippen LogP contribution in [0.3, 0.4) is 0 Å². The molecular weight excluding hydrogens is 419 g/mol. The second-order valence-corrected chi connectivity index (χ2v) is 6.80. The first kappa shape index (κ1) is 22.1. The molecule has 2 aromatic rings. The van der Waals surface area contributed by atoms with Crippen molar-refractivity contribution in [1.82, 2.24) is 4.90 Å². The molecule has 0 atom stereocenters. The van der Waals surface area contributed by atoms with Crippen molar-refractivity contribution in [3.8, 4) is 0 Å². The lowest BCUT2D eigenvalue weighted by Crippen LogP contribution is -2.50. The van der Waals surface area contributed by atoms with Gasteiger partial charge in [0.05, 0.1) is 16.1 Å². The third-order valence-corrected chi connectivity index (χ3v) is 4.81. The number of halogens is 3. The Labute approximate surface area is 175 Å². The molecule has 0 spiro atoms. The van der Waals surface area contributed by atoms with E-state index in [1.54, 1.807) is 11.0 Å². The van der Waals surface area contributed by atoms with E-state index in [2.05, 4.69) is 0 Å². The minimum atomic E-state index is -4.43. The lowest BCUT2D eigenvalue weighted by molar-refractivity contribution is -0.384. The molecule has 1 saturated heterocycles. The highest BCUT2D eigenvalue weighted by Crippen LogP contribution is 2.31. The van der Waals surface area contributed by atoms with E-state index in [0.29, 0.717) is 18.8 Å². The molecule has 11 heteroatoms. The van der Waals surface area contributed by atoms with Gasteiger partial charge in [0.15, 0.2) is 6.61 Å². The third-order valence-electron chi connectivity index (χ3n) is 4.81. The number of amides is 1. The lowest BCUT2D eigenvalue weighted by atomic mass is 10.1. The van der Waals surface area contributed by atoms with Crippen LogP contribution in [0.1, 0.15) is 15.9 Å². The number of rotatable bonds is 5. The van der Waals surface area contributed by atoms with E-state index in [1.165, 1.54) is 23.1 Å². The fourth-order valence-electron chi connectivity index (χ4n) is 3.11. The van der Waals surface area contributed by atoms with Gasteiger partial charge in [-0.3, -0.25) is 14.9 Å². The van der Waals surface area contributed by atoms with Crippen LogP contribution < -0.4 is 4.90 Å². The molecule has 3 rings (SSSR count). The molecule has 0 aliphatic carbocycles. The zero-order chi connectivity index (χ0) is 22.6. The molecular formula is C20H18F3N3O5. The largest absolute Gasteiger partial charge is 0.452 e. The molecule has 31 heavy (non-hydrogen) atoms. The van der Waals surface area contributed by atoms with E-state index in [4.69, 9.17) is 4.74 Å². The highest BCUT2D eigenvalue weighted by molar-refractivity contribution is 5.91. The van der Waals surface area contributed by atoms with Crippen molar-refractivity contribution < 1.29 is 32.4 Å². The number of carbonyl (C=O) groups is 2. The Balaban J connectivity index is 1.50. The molecule has 1 fully saturated rings. The minimum Gasteiger partial charge on any atom is -0.452 e. The number of benzene rings is 2. The fourth-order valence-corrected chi connectivity index (χ4v) is 3.11. The molecule has 1 amide bonds. The summed E-state index contributed by atoms with van der Waals surface area (Å²) in [5.41, 5.74) is -0.410. The van der Waals surface area contributed by atoms with Crippen LogP contribution in [0, 0.1) is 10.1 Å². The SMILES string of the molecule is O=C(OCC(=O)N1CCN(c2cccc(C(F)(F)F)c2)CC1)c1ccc([N+](=O)[O-])cc1. The second kappa shape index (κ2) is 9.02. The average Bonchev–Trinajstić information content (AvgIpc) is 2.77. The summed E-state index contributed by atoms with van der Waals surface area (Å²) in [5.74, 6) is -1.22. The number of carbonyl (C=O) groups excluding carboxylic acids is 2. The molecule has 1 heterocycles. The number of esters is 1. The van der Waals surface area contributed by atoms with E-state index in [9.17, 15) is 32.9 Å². The van der Waals surface area contributed by atoms with Gasteiger partial charge in [-0.25, -0.2) is 4.79 Å². The van der Waals surface area contributed by atoms with Gasteiger partial charge in [0.1, 0.15) is 0 Å². The quantitative estimate of drug-likeness (QED) is 0.405. The first-order valence-corrected chi connectivity index (χ1v) is 9.27. The van der Waals surface area contributed by atoms with E-state index < -0.39 is 35.1 Å². The van der Waals surface area contributed by atoms with Crippen LogP contribution in [0.2, 0.25) is 0 Å². The number of nitrogens with zero attached hydrogens (tertiary/aromatic N) is 3. The van der Waals surface area contributed by atoms with Crippen LogP contribution >= 0.6 is 0 Å². The Kier molecular flexibility index (Phi) is 6.42. The smallest absolute Gasteiger partial charge is 0.416 e. The molecule has 0 N–H and O–H groups in total. The van der Waals surface area contributed by atoms with Crippen LogP contribution in [0.5, 0.6) is 0 Å². The molecule has 0 bridgehead atoms. The maximum atomic E-state index is 12.9. The Morgan fingerprint density at radius 2 is 1.68 bits per heavy atom. The molecule has 1 aliphatic heterocycles. The van der Waals surface area contributed by atoms with E-state index >= 15 is 0 Å². The van der Waals surface area contributed by atoms with Crippen molar-refractivity contribution in [1.29, 1.82) is 0 Å². The number of hydrogen-bond acceptors (Lipinski definition) is 6. The van der Waals surface area contributed by atoms with Crippen molar-refractivity contribution in [2.45, 2.75) is 6.18 Å². The van der Waals surface area contributed by atoms with Crippen LogP contribution in [0.15, 0.2) is 48.5 Å². The second-order valence-electron chi connectivity index (χ2n) is 6.80. The Hall–Kier alpha value is -3.63. The number of ether oxygens (including phenoxy) is 1. The van der Waals surface area contributed by atoms with Crippen molar-refractivity contribution in [2.24, 2.45) is 0 Å². The van der Waals surface area contributed by atoms with Crippen LogP contribution in [0.25, 0.3) is 0 Å². The van der Waals surface area contributed by atoms with Gasteiger partial charge >= 0.3 is 12.1 Å². The molecule has 0 aromatic heterocycles. The Morgan fingerprint density at radius 1 is 1.03 bits per heavy atom. The zero-order valence-corrected chi connectivity index (χ0v) is 16.2. The van der Waals surface area contributed by atoms with Gasteiger partial charge in [-0.05, 0) is 30.3 Å². The minimum absolute atomic E-state index is 0.0766. The van der Waals surface area contributed by atoms with Crippen molar-refractivity contribution in [3.05, 3.63) is 69.8 Å². The van der Waals surface area contributed by atoms with Crippen LogP contribution in [0.4, 0.5) is 24.5 Å².